The van der Waals surface area contributed by atoms with E-state index in [1.807, 2.05) is 60.5 Å². The van der Waals surface area contributed by atoms with Gasteiger partial charge in [-0.15, -0.1) is 0 Å². The highest BCUT2D eigenvalue weighted by molar-refractivity contribution is 5.85. The fourth-order valence-corrected chi connectivity index (χ4v) is 2.02. The van der Waals surface area contributed by atoms with Gasteiger partial charge in [0.15, 0.2) is 0 Å². The monoisotopic (exact) mass is 283 g/mol. The van der Waals surface area contributed by atoms with E-state index in [4.69, 9.17) is 9.84 Å². The van der Waals surface area contributed by atoms with E-state index in [0.717, 1.165) is 28.8 Å². The number of hydrogen-bond donors (Lipinski definition) is 1. The Bertz CT molecular complexity index is 647. The quantitative estimate of drug-likeness (QED) is 0.852. The lowest BCUT2D eigenvalue weighted by atomic mass is 10.1. The molecule has 0 radical (unpaired) electrons. The lowest BCUT2D eigenvalue weighted by Crippen LogP contribution is -2.10. The number of hydrogen-bond acceptors (Lipinski definition) is 3. The first-order chi connectivity index (χ1) is 10.1. The highest BCUT2D eigenvalue weighted by Crippen LogP contribution is 2.32. The Morgan fingerprint density at radius 1 is 1.14 bits per heavy atom. The molecule has 2 aromatic carbocycles. The molecule has 2 aromatic rings. The normalized spacial score (nSPS) is 10.6. The van der Waals surface area contributed by atoms with E-state index >= 15 is 0 Å². The van der Waals surface area contributed by atoms with Crippen molar-refractivity contribution in [3.05, 3.63) is 60.2 Å². The lowest BCUT2D eigenvalue weighted by molar-refractivity contribution is -0.131. The number of anilines is 2. The van der Waals surface area contributed by atoms with Crippen LogP contribution in [-0.2, 0) is 4.79 Å². The maximum atomic E-state index is 10.5. The van der Waals surface area contributed by atoms with Gasteiger partial charge in [0.2, 0.25) is 0 Å². The van der Waals surface area contributed by atoms with Crippen molar-refractivity contribution in [3.63, 3.8) is 0 Å². The SMILES string of the molecule is COc1ccccc1N(C)c1ccc(C=CC(=O)O)cc1. The summed E-state index contributed by atoms with van der Waals surface area (Å²) in [6.45, 7) is 0. The van der Waals surface area contributed by atoms with Gasteiger partial charge in [-0.3, -0.25) is 0 Å². The highest BCUT2D eigenvalue weighted by atomic mass is 16.5. The number of ether oxygens (including phenoxy) is 1. The number of rotatable bonds is 5. The molecule has 0 bridgehead atoms. The van der Waals surface area contributed by atoms with Crippen molar-refractivity contribution in [3.8, 4) is 5.75 Å². The topological polar surface area (TPSA) is 49.8 Å². The van der Waals surface area contributed by atoms with Crippen LogP contribution in [-0.4, -0.2) is 25.2 Å². The van der Waals surface area contributed by atoms with Crippen LogP contribution in [0.25, 0.3) is 6.08 Å². The lowest BCUT2D eigenvalue weighted by Gasteiger charge is -2.21. The van der Waals surface area contributed by atoms with Crippen LogP contribution in [0.4, 0.5) is 11.4 Å². The van der Waals surface area contributed by atoms with E-state index in [-0.39, 0.29) is 0 Å². The Kier molecular flexibility index (Phi) is 4.61. The molecular formula is C17H17NO3. The summed E-state index contributed by atoms with van der Waals surface area (Å²) in [6, 6.07) is 15.4. The summed E-state index contributed by atoms with van der Waals surface area (Å²) in [5.41, 5.74) is 2.80. The zero-order valence-corrected chi connectivity index (χ0v) is 12.0. The molecule has 0 amide bonds. The smallest absolute Gasteiger partial charge is 0.328 e. The Morgan fingerprint density at radius 2 is 1.81 bits per heavy atom. The minimum Gasteiger partial charge on any atom is -0.495 e. The summed E-state index contributed by atoms with van der Waals surface area (Å²) in [7, 11) is 3.60. The van der Waals surface area contributed by atoms with Crippen molar-refractivity contribution in [1.82, 2.24) is 0 Å². The number of carboxylic acids is 1. The molecule has 4 heteroatoms. The molecule has 1 N–H and O–H groups in total. The van der Waals surface area contributed by atoms with Crippen LogP contribution in [0.2, 0.25) is 0 Å². The zero-order chi connectivity index (χ0) is 15.2. The molecule has 0 aliphatic carbocycles. The van der Waals surface area contributed by atoms with Crippen molar-refractivity contribution in [2.75, 3.05) is 19.1 Å². The fourth-order valence-electron chi connectivity index (χ4n) is 2.02. The average Bonchev–Trinajstić information content (AvgIpc) is 2.52. The Morgan fingerprint density at radius 3 is 2.43 bits per heavy atom. The summed E-state index contributed by atoms with van der Waals surface area (Å²) in [6.07, 6.45) is 2.69. The van der Waals surface area contributed by atoms with Crippen LogP contribution in [0.3, 0.4) is 0 Å². The molecule has 0 atom stereocenters. The summed E-state index contributed by atoms with van der Waals surface area (Å²) in [5, 5.41) is 8.62. The van der Waals surface area contributed by atoms with Gasteiger partial charge >= 0.3 is 5.97 Å². The maximum Gasteiger partial charge on any atom is 0.328 e. The number of aliphatic carboxylic acids is 1. The molecule has 21 heavy (non-hydrogen) atoms. The average molecular weight is 283 g/mol. The van der Waals surface area contributed by atoms with Gasteiger partial charge in [-0.1, -0.05) is 24.3 Å². The molecule has 0 fully saturated rings. The number of para-hydroxylation sites is 2. The van der Waals surface area contributed by atoms with Crippen LogP contribution in [0, 0.1) is 0 Å². The number of carboxylic acid groups (broad SMARTS) is 1. The van der Waals surface area contributed by atoms with E-state index in [9.17, 15) is 4.79 Å². The van der Waals surface area contributed by atoms with Crippen molar-refractivity contribution in [1.29, 1.82) is 0 Å². The molecule has 0 aromatic heterocycles. The zero-order valence-electron chi connectivity index (χ0n) is 12.0. The second-order valence-corrected chi connectivity index (χ2v) is 4.49. The summed E-state index contributed by atoms with van der Waals surface area (Å²) < 4.78 is 5.36. The minimum atomic E-state index is -0.954. The summed E-state index contributed by atoms with van der Waals surface area (Å²) >= 11 is 0. The molecule has 4 nitrogen and oxygen atoms in total. The van der Waals surface area contributed by atoms with E-state index in [1.165, 1.54) is 0 Å². The summed E-state index contributed by atoms with van der Waals surface area (Å²) in [4.78, 5) is 12.5. The van der Waals surface area contributed by atoms with E-state index in [2.05, 4.69) is 0 Å². The van der Waals surface area contributed by atoms with Crippen LogP contribution in [0.1, 0.15) is 5.56 Å². The molecule has 0 unspecified atom stereocenters. The molecule has 0 heterocycles. The molecule has 0 saturated carbocycles. The first kappa shape index (κ1) is 14.7. The van der Waals surface area contributed by atoms with Crippen LogP contribution in [0.5, 0.6) is 5.75 Å². The number of methoxy groups -OCH3 is 1. The number of nitrogens with zero attached hydrogens (tertiary/aromatic N) is 1. The van der Waals surface area contributed by atoms with Gasteiger partial charge in [0, 0.05) is 18.8 Å². The highest BCUT2D eigenvalue weighted by Gasteiger charge is 2.08. The molecular weight excluding hydrogens is 266 g/mol. The van der Waals surface area contributed by atoms with Crippen LogP contribution < -0.4 is 9.64 Å². The Hall–Kier alpha value is -2.75. The van der Waals surface area contributed by atoms with Gasteiger partial charge in [-0.05, 0) is 35.9 Å². The molecule has 2 rings (SSSR count). The number of carbonyl (C=O) groups is 1. The van der Waals surface area contributed by atoms with Gasteiger partial charge in [0.05, 0.1) is 12.8 Å². The molecule has 0 spiro atoms. The molecule has 0 aliphatic rings. The summed E-state index contributed by atoms with van der Waals surface area (Å²) in [5.74, 6) is -0.153. The predicted octanol–water partition coefficient (Wildman–Crippen LogP) is 3.56. The van der Waals surface area contributed by atoms with Crippen molar-refractivity contribution < 1.29 is 14.6 Å². The van der Waals surface area contributed by atoms with E-state index in [1.54, 1.807) is 13.2 Å². The molecule has 0 aliphatic heterocycles. The van der Waals surface area contributed by atoms with Crippen molar-refractivity contribution >= 4 is 23.4 Å². The largest absolute Gasteiger partial charge is 0.495 e. The van der Waals surface area contributed by atoms with Gasteiger partial charge < -0.3 is 14.7 Å². The van der Waals surface area contributed by atoms with E-state index in [0.29, 0.717) is 0 Å². The van der Waals surface area contributed by atoms with Crippen LogP contribution in [0.15, 0.2) is 54.6 Å². The third kappa shape index (κ3) is 3.63. The van der Waals surface area contributed by atoms with Crippen molar-refractivity contribution in [2.45, 2.75) is 0 Å². The molecule has 108 valence electrons. The first-order valence-corrected chi connectivity index (χ1v) is 6.49. The maximum absolute atomic E-state index is 10.5. The second kappa shape index (κ2) is 6.61. The third-order valence-electron chi connectivity index (χ3n) is 3.15. The fraction of sp³-hybridized carbons (Fsp3) is 0.118. The van der Waals surface area contributed by atoms with Crippen LogP contribution >= 0.6 is 0 Å². The molecule has 0 saturated heterocycles. The Labute approximate surface area is 123 Å². The standard InChI is InChI=1S/C17H17NO3/c1-18(15-5-3-4-6-16(15)21-2)14-10-7-13(8-11-14)9-12-17(19)20/h3-12H,1-2H3,(H,19,20). The minimum absolute atomic E-state index is 0.801. The third-order valence-corrected chi connectivity index (χ3v) is 3.15. The van der Waals surface area contributed by atoms with E-state index < -0.39 is 5.97 Å². The second-order valence-electron chi connectivity index (χ2n) is 4.49. The first-order valence-electron chi connectivity index (χ1n) is 6.49. The van der Waals surface area contributed by atoms with Gasteiger partial charge in [0.1, 0.15) is 5.75 Å². The van der Waals surface area contributed by atoms with Gasteiger partial charge in [-0.2, -0.15) is 0 Å². The van der Waals surface area contributed by atoms with Crippen molar-refractivity contribution in [2.24, 2.45) is 0 Å². The van der Waals surface area contributed by atoms with Gasteiger partial charge in [0.25, 0.3) is 0 Å². The Balaban J connectivity index is 2.24. The van der Waals surface area contributed by atoms with Gasteiger partial charge in [-0.25, -0.2) is 4.79 Å². The number of benzene rings is 2. The predicted molar refractivity (Wildman–Crippen MR) is 84.2 cm³/mol.